The molecule has 0 rings (SSSR count). The summed E-state index contributed by atoms with van der Waals surface area (Å²) in [6.07, 6.45) is -0.534. The average Bonchev–Trinajstić information content (AvgIpc) is 2.22. The summed E-state index contributed by atoms with van der Waals surface area (Å²) in [6.45, 7) is 2.78. The molecule has 0 aliphatic heterocycles. The first-order valence-electron chi connectivity index (χ1n) is 5.04. The van der Waals surface area contributed by atoms with Gasteiger partial charge in [-0.2, -0.15) is 0 Å². The van der Waals surface area contributed by atoms with Gasteiger partial charge >= 0.3 is 11.9 Å². The van der Waals surface area contributed by atoms with Crippen LogP contribution >= 0.6 is 0 Å². The van der Waals surface area contributed by atoms with E-state index in [0.717, 1.165) is 6.92 Å². The molecule has 1 atom stereocenters. The van der Waals surface area contributed by atoms with Crippen LogP contribution in [0.2, 0.25) is 0 Å². The van der Waals surface area contributed by atoms with Crippen molar-refractivity contribution < 1.29 is 34.4 Å². The molecule has 0 amide bonds. The second-order valence-corrected chi connectivity index (χ2v) is 3.16. The van der Waals surface area contributed by atoms with Crippen LogP contribution in [0.15, 0.2) is 0 Å². The SMILES string of the molecule is CC(=O)O.CCC(O)COC(=O)CCC(=O)O. The number of hydrogen-bond donors (Lipinski definition) is 3. The zero-order valence-corrected chi connectivity index (χ0v) is 9.88. The van der Waals surface area contributed by atoms with E-state index >= 15 is 0 Å². The molecule has 0 aromatic carbocycles. The topological polar surface area (TPSA) is 121 Å². The Morgan fingerprint density at radius 2 is 1.65 bits per heavy atom. The number of aliphatic carboxylic acids is 2. The Bertz CT molecular complexity index is 245. The van der Waals surface area contributed by atoms with Crippen molar-refractivity contribution in [1.29, 1.82) is 0 Å². The van der Waals surface area contributed by atoms with Crippen LogP contribution in [0.3, 0.4) is 0 Å². The smallest absolute Gasteiger partial charge is 0.306 e. The van der Waals surface area contributed by atoms with Gasteiger partial charge in [-0.05, 0) is 6.42 Å². The minimum atomic E-state index is -1.03. The van der Waals surface area contributed by atoms with Gasteiger partial charge < -0.3 is 20.1 Å². The lowest BCUT2D eigenvalue weighted by Gasteiger charge is -2.07. The van der Waals surface area contributed by atoms with Crippen LogP contribution in [-0.4, -0.2) is 45.9 Å². The van der Waals surface area contributed by atoms with E-state index in [2.05, 4.69) is 4.74 Å². The summed E-state index contributed by atoms with van der Waals surface area (Å²) in [5.74, 6) is -2.46. The number of carboxylic acids is 2. The summed E-state index contributed by atoms with van der Waals surface area (Å²) in [7, 11) is 0. The van der Waals surface area contributed by atoms with E-state index in [0.29, 0.717) is 6.42 Å². The maximum Gasteiger partial charge on any atom is 0.306 e. The number of ether oxygens (including phenoxy) is 1. The minimum absolute atomic E-state index is 0.0606. The Labute approximate surface area is 99.0 Å². The Morgan fingerprint density at radius 1 is 1.18 bits per heavy atom. The number of aliphatic hydroxyl groups excluding tert-OH is 1. The number of esters is 1. The lowest BCUT2D eigenvalue weighted by molar-refractivity contribution is -0.150. The van der Waals surface area contributed by atoms with Crippen LogP contribution < -0.4 is 0 Å². The zero-order valence-electron chi connectivity index (χ0n) is 9.88. The summed E-state index contributed by atoms with van der Waals surface area (Å²) in [5.41, 5.74) is 0. The lowest BCUT2D eigenvalue weighted by Crippen LogP contribution is -2.18. The van der Waals surface area contributed by atoms with Gasteiger partial charge in [-0.15, -0.1) is 0 Å². The third kappa shape index (κ3) is 20.4. The van der Waals surface area contributed by atoms with Gasteiger partial charge in [-0.3, -0.25) is 14.4 Å². The Kier molecular flexibility index (Phi) is 11.4. The summed E-state index contributed by atoms with van der Waals surface area (Å²) < 4.78 is 4.59. The van der Waals surface area contributed by atoms with Crippen molar-refractivity contribution in [3.8, 4) is 0 Å². The molecule has 0 radical (unpaired) electrons. The van der Waals surface area contributed by atoms with Crippen molar-refractivity contribution >= 4 is 17.9 Å². The standard InChI is InChI=1S/C8H14O5.C2H4O2/c1-2-6(9)5-13-8(12)4-3-7(10)11;1-2(3)4/h6,9H,2-5H2,1H3,(H,10,11);1H3,(H,3,4). The summed E-state index contributed by atoms with van der Waals surface area (Å²) in [4.78, 5) is 29.8. The molecule has 7 nitrogen and oxygen atoms in total. The fourth-order valence-electron chi connectivity index (χ4n) is 0.588. The molecule has 17 heavy (non-hydrogen) atoms. The molecule has 1 unspecified atom stereocenters. The highest BCUT2D eigenvalue weighted by atomic mass is 16.5. The normalized spacial score (nSPS) is 10.8. The monoisotopic (exact) mass is 250 g/mol. The third-order valence-electron chi connectivity index (χ3n) is 1.45. The van der Waals surface area contributed by atoms with Crippen LogP contribution in [0.5, 0.6) is 0 Å². The molecule has 100 valence electrons. The molecule has 0 aromatic heterocycles. The molecule has 0 heterocycles. The van der Waals surface area contributed by atoms with Crippen molar-refractivity contribution in [2.24, 2.45) is 0 Å². The van der Waals surface area contributed by atoms with Gasteiger partial charge in [0.1, 0.15) is 6.61 Å². The van der Waals surface area contributed by atoms with Crippen LogP contribution in [-0.2, 0) is 19.1 Å². The second-order valence-electron chi connectivity index (χ2n) is 3.16. The van der Waals surface area contributed by atoms with Crippen LogP contribution in [0, 0.1) is 0 Å². The first-order valence-corrected chi connectivity index (χ1v) is 5.04. The van der Waals surface area contributed by atoms with Gasteiger partial charge in [0.25, 0.3) is 5.97 Å². The lowest BCUT2D eigenvalue weighted by atomic mass is 10.3. The van der Waals surface area contributed by atoms with Crippen molar-refractivity contribution in [2.75, 3.05) is 6.61 Å². The van der Waals surface area contributed by atoms with E-state index in [1.54, 1.807) is 6.92 Å². The Hall–Kier alpha value is -1.63. The number of hydrogen-bond acceptors (Lipinski definition) is 5. The quantitative estimate of drug-likeness (QED) is 0.578. The molecule has 0 saturated heterocycles. The largest absolute Gasteiger partial charge is 0.481 e. The molecule has 0 saturated carbocycles. The second kappa shape index (κ2) is 10.9. The predicted molar refractivity (Wildman–Crippen MR) is 57.4 cm³/mol. The van der Waals surface area contributed by atoms with Crippen molar-refractivity contribution in [3.05, 3.63) is 0 Å². The third-order valence-corrected chi connectivity index (χ3v) is 1.45. The van der Waals surface area contributed by atoms with E-state index in [1.165, 1.54) is 0 Å². The highest BCUT2D eigenvalue weighted by molar-refractivity contribution is 5.76. The molecule has 0 aromatic rings. The number of aliphatic hydroxyl groups is 1. The fraction of sp³-hybridized carbons (Fsp3) is 0.700. The summed E-state index contributed by atoms with van der Waals surface area (Å²) in [6, 6.07) is 0. The van der Waals surface area contributed by atoms with Crippen LogP contribution in [0.1, 0.15) is 33.1 Å². The molecular weight excluding hydrogens is 232 g/mol. The first-order chi connectivity index (χ1) is 7.79. The summed E-state index contributed by atoms with van der Waals surface area (Å²) in [5, 5.41) is 24.6. The van der Waals surface area contributed by atoms with Gasteiger partial charge in [-0.1, -0.05) is 6.92 Å². The van der Waals surface area contributed by atoms with E-state index in [9.17, 15) is 9.59 Å². The molecule has 0 aliphatic rings. The maximum absolute atomic E-state index is 10.8. The summed E-state index contributed by atoms with van der Waals surface area (Å²) >= 11 is 0. The average molecular weight is 250 g/mol. The number of carbonyl (C=O) groups is 3. The van der Waals surface area contributed by atoms with Gasteiger partial charge in [0.2, 0.25) is 0 Å². The van der Waals surface area contributed by atoms with Gasteiger partial charge in [0.05, 0.1) is 18.9 Å². The molecule has 0 aliphatic carbocycles. The molecule has 0 spiro atoms. The molecule has 0 fully saturated rings. The van der Waals surface area contributed by atoms with Crippen LogP contribution in [0.4, 0.5) is 0 Å². The predicted octanol–water partition coefficient (Wildman–Crippen LogP) is 0.256. The highest BCUT2D eigenvalue weighted by Gasteiger charge is 2.08. The van der Waals surface area contributed by atoms with Crippen molar-refractivity contribution in [2.45, 2.75) is 39.2 Å². The number of rotatable bonds is 6. The van der Waals surface area contributed by atoms with E-state index in [4.69, 9.17) is 20.1 Å². The van der Waals surface area contributed by atoms with Crippen molar-refractivity contribution in [3.63, 3.8) is 0 Å². The molecular formula is C10H18O7. The minimum Gasteiger partial charge on any atom is -0.481 e. The van der Waals surface area contributed by atoms with E-state index in [-0.39, 0.29) is 19.4 Å². The molecule has 0 bridgehead atoms. The number of carbonyl (C=O) groups excluding carboxylic acids is 1. The first kappa shape index (κ1) is 17.8. The van der Waals surface area contributed by atoms with E-state index in [1.807, 2.05) is 0 Å². The van der Waals surface area contributed by atoms with Crippen LogP contribution in [0.25, 0.3) is 0 Å². The Morgan fingerprint density at radius 3 is 2.00 bits per heavy atom. The van der Waals surface area contributed by atoms with Gasteiger partial charge in [0.15, 0.2) is 0 Å². The fourth-order valence-corrected chi connectivity index (χ4v) is 0.588. The highest BCUT2D eigenvalue weighted by Crippen LogP contribution is 1.96. The van der Waals surface area contributed by atoms with Crippen molar-refractivity contribution in [1.82, 2.24) is 0 Å². The van der Waals surface area contributed by atoms with E-state index < -0.39 is 24.0 Å². The number of carboxylic acid groups (broad SMARTS) is 2. The van der Waals surface area contributed by atoms with Gasteiger partial charge in [-0.25, -0.2) is 0 Å². The Balaban J connectivity index is 0. The van der Waals surface area contributed by atoms with Gasteiger partial charge in [0, 0.05) is 6.92 Å². The zero-order chi connectivity index (χ0) is 13.8. The maximum atomic E-state index is 10.8. The molecule has 7 heteroatoms. The molecule has 3 N–H and O–H groups in total.